The van der Waals surface area contributed by atoms with Crippen molar-refractivity contribution < 1.29 is 27.9 Å². The topological polar surface area (TPSA) is 114 Å². The van der Waals surface area contributed by atoms with E-state index in [9.17, 15) is 18.0 Å². The molecule has 1 heterocycles. The van der Waals surface area contributed by atoms with Gasteiger partial charge in [-0.25, -0.2) is 18.2 Å². The predicted octanol–water partition coefficient (Wildman–Crippen LogP) is 0.413. The lowest BCUT2D eigenvalue weighted by Gasteiger charge is -2.23. The number of methoxy groups -OCH3 is 1. The van der Waals surface area contributed by atoms with Crippen molar-refractivity contribution in [3.8, 4) is 0 Å². The summed E-state index contributed by atoms with van der Waals surface area (Å²) in [7, 11) is -2.99. The standard InChI is InChI=1S/C10H14N2O6S2/c1-6(2)12(4-7(13)18-3)20(16,17)10-8(9(14)15)11-5-19-10/h5-6H,4H2,1-3H3,(H,14,15). The van der Waals surface area contributed by atoms with Crippen LogP contribution < -0.4 is 0 Å². The molecule has 8 nitrogen and oxygen atoms in total. The molecule has 112 valence electrons. The van der Waals surface area contributed by atoms with Crippen molar-refractivity contribution in [1.82, 2.24) is 9.29 Å². The van der Waals surface area contributed by atoms with Gasteiger partial charge in [0.1, 0.15) is 6.54 Å². The minimum absolute atomic E-state index is 0.400. The maximum Gasteiger partial charge on any atom is 0.356 e. The molecule has 0 saturated heterocycles. The van der Waals surface area contributed by atoms with Crippen molar-refractivity contribution >= 4 is 33.3 Å². The molecule has 0 aromatic carbocycles. The van der Waals surface area contributed by atoms with Gasteiger partial charge in [-0.2, -0.15) is 4.31 Å². The fourth-order valence-electron chi connectivity index (χ4n) is 1.40. The first kappa shape index (κ1) is 16.5. The quantitative estimate of drug-likeness (QED) is 0.755. The second-order valence-corrected chi connectivity index (χ2v) is 6.95. The number of carbonyl (C=O) groups excluding carboxylic acids is 1. The molecule has 10 heteroatoms. The van der Waals surface area contributed by atoms with Crippen molar-refractivity contribution in [2.75, 3.05) is 13.7 Å². The Morgan fingerprint density at radius 3 is 2.55 bits per heavy atom. The minimum atomic E-state index is -4.13. The number of carbonyl (C=O) groups is 2. The SMILES string of the molecule is COC(=O)CN(C(C)C)S(=O)(=O)c1scnc1C(=O)O. The van der Waals surface area contributed by atoms with Crippen LogP contribution in [-0.2, 0) is 19.6 Å². The van der Waals surface area contributed by atoms with E-state index in [2.05, 4.69) is 9.72 Å². The van der Waals surface area contributed by atoms with Crippen LogP contribution in [0.2, 0.25) is 0 Å². The number of sulfonamides is 1. The summed E-state index contributed by atoms with van der Waals surface area (Å²) in [6, 6.07) is -0.539. The molecule has 0 fully saturated rings. The van der Waals surface area contributed by atoms with Gasteiger partial charge in [0.05, 0.1) is 12.6 Å². The van der Waals surface area contributed by atoms with Crippen LogP contribution in [0.5, 0.6) is 0 Å². The number of nitrogens with zero attached hydrogens (tertiary/aromatic N) is 2. The molecule has 0 aliphatic heterocycles. The summed E-state index contributed by atoms with van der Waals surface area (Å²) in [5, 5.41) is 8.94. The molecule has 0 unspecified atom stereocenters. The van der Waals surface area contributed by atoms with Crippen molar-refractivity contribution in [2.45, 2.75) is 24.1 Å². The first-order valence-electron chi connectivity index (χ1n) is 5.47. The van der Waals surface area contributed by atoms with Gasteiger partial charge in [0, 0.05) is 6.04 Å². The molecule has 0 aliphatic rings. The number of rotatable bonds is 6. The summed E-state index contributed by atoms with van der Waals surface area (Å²) < 4.78 is 29.8. The van der Waals surface area contributed by atoms with Crippen LogP contribution in [0.1, 0.15) is 24.3 Å². The Morgan fingerprint density at radius 2 is 2.10 bits per heavy atom. The second-order valence-electron chi connectivity index (χ2n) is 4.01. The molecular formula is C10H14N2O6S2. The second kappa shape index (κ2) is 6.29. The van der Waals surface area contributed by atoms with Crippen LogP contribution in [-0.4, -0.2) is 54.4 Å². The Labute approximate surface area is 120 Å². The summed E-state index contributed by atoms with van der Waals surface area (Å²) >= 11 is 0.692. The summed E-state index contributed by atoms with van der Waals surface area (Å²) in [6.45, 7) is 2.65. The Kier molecular flexibility index (Phi) is 5.20. The van der Waals surface area contributed by atoms with Crippen LogP contribution in [0.4, 0.5) is 0 Å². The third-order valence-corrected chi connectivity index (χ3v) is 5.74. The average molecular weight is 322 g/mol. The lowest BCUT2D eigenvalue weighted by atomic mass is 10.4. The molecule has 1 N–H and O–H groups in total. The van der Waals surface area contributed by atoms with Crippen LogP contribution in [0, 0.1) is 0 Å². The van der Waals surface area contributed by atoms with Crippen LogP contribution in [0.15, 0.2) is 9.72 Å². The molecule has 0 saturated carbocycles. The van der Waals surface area contributed by atoms with Crippen molar-refractivity contribution in [3.63, 3.8) is 0 Å². The largest absolute Gasteiger partial charge is 0.476 e. The molecular weight excluding hydrogens is 308 g/mol. The maximum atomic E-state index is 12.4. The highest BCUT2D eigenvalue weighted by Crippen LogP contribution is 2.25. The molecule has 1 rings (SSSR count). The van der Waals surface area contributed by atoms with E-state index < -0.39 is 44.5 Å². The van der Waals surface area contributed by atoms with Gasteiger partial charge in [-0.05, 0) is 13.8 Å². The molecule has 0 atom stereocenters. The number of ether oxygens (including phenoxy) is 1. The zero-order valence-corrected chi connectivity index (χ0v) is 12.7. The zero-order chi connectivity index (χ0) is 15.5. The number of aromatic nitrogens is 1. The van der Waals surface area contributed by atoms with Gasteiger partial charge in [0.25, 0.3) is 10.0 Å². The van der Waals surface area contributed by atoms with Gasteiger partial charge < -0.3 is 9.84 Å². The number of carboxylic acids is 1. The van der Waals surface area contributed by atoms with Gasteiger partial charge in [0.2, 0.25) is 0 Å². The van der Waals surface area contributed by atoms with Crippen LogP contribution in [0.25, 0.3) is 0 Å². The smallest absolute Gasteiger partial charge is 0.356 e. The molecule has 0 spiro atoms. The molecule has 0 bridgehead atoms. The Morgan fingerprint density at radius 1 is 1.50 bits per heavy atom. The van der Waals surface area contributed by atoms with Crippen molar-refractivity contribution in [2.24, 2.45) is 0 Å². The first-order valence-corrected chi connectivity index (χ1v) is 7.79. The van der Waals surface area contributed by atoms with E-state index in [0.717, 1.165) is 16.9 Å². The number of hydrogen-bond donors (Lipinski definition) is 1. The Balaban J connectivity index is 3.27. The number of hydrogen-bond acceptors (Lipinski definition) is 7. The third kappa shape index (κ3) is 3.32. The number of aromatic carboxylic acids is 1. The summed E-state index contributed by atoms with van der Waals surface area (Å²) in [6.07, 6.45) is 0. The Bertz CT molecular complexity index is 607. The average Bonchev–Trinajstić information content (AvgIpc) is 2.84. The monoisotopic (exact) mass is 322 g/mol. The molecule has 20 heavy (non-hydrogen) atoms. The fourth-order valence-corrected chi connectivity index (χ4v) is 4.24. The predicted molar refractivity (Wildman–Crippen MR) is 70.1 cm³/mol. The van der Waals surface area contributed by atoms with E-state index in [1.54, 1.807) is 13.8 Å². The summed E-state index contributed by atoms with van der Waals surface area (Å²) in [4.78, 5) is 25.8. The van der Waals surface area contributed by atoms with E-state index >= 15 is 0 Å². The third-order valence-electron chi connectivity index (χ3n) is 2.37. The maximum absolute atomic E-state index is 12.4. The number of esters is 1. The van der Waals surface area contributed by atoms with Gasteiger partial charge in [-0.1, -0.05) is 0 Å². The first-order chi connectivity index (χ1) is 9.21. The summed E-state index contributed by atoms with van der Waals surface area (Å²) in [5.74, 6) is -2.17. The van der Waals surface area contributed by atoms with E-state index in [1.807, 2.05) is 0 Å². The molecule has 0 amide bonds. The van der Waals surface area contributed by atoms with Gasteiger partial charge in [-0.15, -0.1) is 11.3 Å². The number of carboxylic acid groups (broad SMARTS) is 1. The lowest BCUT2D eigenvalue weighted by Crippen LogP contribution is -2.41. The molecule has 1 aromatic heterocycles. The van der Waals surface area contributed by atoms with Crippen LogP contribution >= 0.6 is 11.3 Å². The van der Waals surface area contributed by atoms with E-state index in [1.165, 1.54) is 0 Å². The normalized spacial score (nSPS) is 11.8. The van der Waals surface area contributed by atoms with Crippen molar-refractivity contribution in [1.29, 1.82) is 0 Å². The van der Waals surface area contributed by atoms with E-state index in [0.29, 0.717) is 11.3 Å². The Hall–Kier alpha value is -1.52. The van der Waals surface area contributed by atoms with Crippen LogP contribution in [0.3, 0.4) is 0 Å². The lowest BCUT2D eigenvalue weighted by molar-refractivity contribution is -0.141. The highest BCUT2D eigenvalue weighted by atomic mass is 32.2. The van der Waals surface area contributed by atoms with Gasteiger partial charge in [-0.3, -0.25) is 4.79 Å². The minimum Gasteiger partial charge on any atom is -0.476 e. The molecule has 0 radical (unpaired) electrons. The summed E-state index contributed by atoms with van der Waals surface area (Å²) in [5.41, 5.74) is 0.581. The number of thiazole rings is 1. The van der Waals surface area contributed by atoms with E-state index in [4.69, 9.17) is 5.11 Å². The van der Waals surface area contributed by atoms with Crippen molar-refractivity contribution in [3.05, 3.63) is 11.2 Å². The zero-order valence-electron chi connectivity index (χ0n) is 11.1. The van der Waals surface area contributed by atoms with E-state index in [-0.39, 0.29) is 0 Å². The van der Waals surface area contributed by atoms with Gasteiger partial charge in [0.15, 0.2) is 9.90 Å². The van der Waals surface area contributed by atoms with Gasteiger partial charge >= 0.3 is 11.9 Å². The fraction of sp³-hybridized carbons (Fsp3) is 0.500. The highest BCUT2D eigenvalue weighted by Gasteiger charge is 2.34. The highest BCUT2D eigenvalue weighted by molar-refractivity contribution is 7.91. The molecule has 0 aliphatic carbocycles. The molecule has 1 aromatic rings.